The van der Waals surface area contributed by atoms with Crippen LogP contribution in [-0.2, 0) is 4.74 Å². The van der Waals surface area contributed by atoms with Crippen LogP contribution in [0.15, 0.2) is 16.5 Å². The van der Waals surface area contributed by atoms with Crippen molar-refractivity contribution < 1.29 is 23.4 Å². The molecule has 0 amide bonds. The first-order valence-electron chi connectivity index (χ1n) is 7.21. The van der Waals surface area contributed by atoms with Gasteiger partial charge in [0.1, 0.15) is 25.4 Å². The minimum atomic E-state index is -0.449. The van der Waals surface area contributed by atoms with Crippen molar-refractivity contribution in [2.45, 2.75) is 6.92 Å². The van der Waals surface area contributed by atoms with Crippen molar-refractivity contribution >= 4 is 16.9 Å². The summed E-state index contributed by atoms with van der Waals surface area (Å²) in [5.74, 6) is 1.10. The maximum absolute atomic E-state index is 12.1. The highest BCUT2D eigenvalue weighted by Gasteiger charge is 2.22. The third-order valence-electron chi connectivity index (χ3n) is 3.56. The van der Waals surface area contributed by atoms with Gasteiger partial charge in [0.05, 0.1) is 0 Å². The molecule has 1 aliphatic heterocycles. The number of benzene rings is 1. The van der Waals surface area contributed by atoms with Crippen LogP contribution >= 0.6 is 0 Å². The van der Waals surface area contributed by atoms with Gasteiger partial charge in [0.25, 0.3) is 0 Å². The Balaban J connectivity index is 1.87. The van der Waals surface area contributed by atoms with Crippen LogP contribution in [0.2, 0.25) is 0 Å². The van der Waals surface area contributed by atoms with Crippen molar-refractivity contribution in [1.29, 1.82) is 0 Å². The standard InChI is InChI=1S/C16H19NO5/c1-10-11-8-13-14(20-7-6-19-13)9-12(11)22-15(10)16(18)21-5-4-17(2)3/h8-9H,4-7H2,1-3H3. The molecule has 22 heavy (non-hydrogen) atoms. The molecule has 0 saturated heterocycles. The lowest BCUT2D eigenvalue weighted by molar-refractivity contribution is 0.0447. The Morgan fingerprint density at radius 1 is 1.23 bits per heavy atom. The highest BCUT2D eigenvalue weighted by Crippen LogP contribution is 2.37. The highest BCUT2D eigenvalue weighted by atomic mass is 16.6. The first-order chi connectivity index (χ1) is 10.6. The maximum atomic E-state index is 12.1. The zero-order valence-electron chi connectivity index (χ0n) is 13.0. The fraction of sp³-hybridized carbons (Fsp3) is 0.438. The predicted molar refractivity (Wildman–Crippen MR) is 80.8 cm³/mol. The summed E-state index contributed by atoms with van der Waals surface area (Å²) in [4.78, 5) is 14.1. The summed E-state index contributed by atoms with van der Waals surface area (Å²) in [6.45, 7) is 3.86. The van der Waals surface area contributed by atoms with E-state index in [0.717, 1.165) is 10.9 Å². The molecule has 0 bridgehead atoms. The number of aryl methyl sites for hydroxylation is 1. The summed E-state index contributed by atoms with van der Waals surface area (Å²) >= 11 is 0. The van der Waals surface area contributed by atoms with Crippen molar-refractivity contribution in [1.82, 2.24) is 4.90 Å². The Morgan fingerprint density at radius 2 is 1.91 bits per heavy atom. The number of hydrogen-bond donors (Lipinski definition) is 0. The smallest absolute Gasteiger partial charge is 0.374 e. The maximum Gasteiger partial charge on any atom is 0.374 e. The topological polar surface area (TPSA) is 61.1 Å². The summed E-state index contributed by atoms with van der Waals surface area (Å²) in [7, 11) is 3.84. The van der Waals surface area contributed by atoms with E-state index in [0.29, 0.717) is 43.4 Å². The molecule has 0 radical (unpaired) electrons. The van der Waals surface area contributed by atoms with E-state index < -0.39 is 5.97 Å². The van der Waals surface area contributed by atoms with E-state index in [1.807, 2.05) is 32.0 Å². The quantitative estimate of drug-likeness (QED) is 0.807. The second-order valence-corrected chi connectivity index (χ2v) is 5.49. The van der Waals surface area contributed by atoms with Gasteiger partial charge >= 0.3 is 5.97 Å². The van der Waals surface area contributed by atoms with Crippen molar-refractivity contribution in [2.75, 3.05) is 40.5 Å². The predicted octanol–water partition coefficient (Wildman–Crippen LogP) is 2.23. The van der Waals surface area contributed by atoms with E-state index >= 15 is 0 Å². The van der Waals surface area contributed by atoms with E-state index in [4.69, 9.17) is 18.6 Å². The molecule has 1 aromatic heterocycles. The fourth-order valence-electron chi connectivity index (χ4n) is 2.34. The first kappa shape index (κ1) is 14.7. The van der Waals surface area contributed by atoms with Crippen molar-refractivity contribution in [3.05, 3.63) is 23.5 Å². The monoisotopic (exact) mass is 305 g/mol. The van der Waals surface area contributed by atoms with Gasteiger partial charge in [-0.3, -0.25) is 0 Å². The van der Waals surface area contributed by atoms with Gasteiger partial charge in [-0.05, 0) is 27.1 Å². The van der Waals surface area contributed by atoms with E-state index in [-0.39, 0.29) is 5.76 Å². The van der Waals surface area contributed by atoms with Crippen LogP contribution in [0, 0.1) is 6.92 Å². The Morgan fingerprint density at radius 3 is 2.59 bits per heavy atom. The van der Waals surface area contributed by atoms with E-state index in [9.17, 15) is 4.79 Å². The van der Waals surface area contributed by atoms with E-state index in [1.165, 1.54) is 0 Å². The van der Waals surface area contributed by atoms with Crippen LogP contribution in [0.1, 0.15) is 16.1 Å². The molecule has 0 spiro atoms. The van der Waals surface area contributed by atoms with Gasteiger partial charge in [0.2, 0.25) is 5.76 Å². The van der Waals surface area contributed by atoms with Crippen LogP contribution in [0.3, 0.4) is 0 Å². The molecule has 6 nitrogen and oxygen atoms in total. The van der Waals surface area contributed by atoms with E-state index in [1.54, 1.807) is 6.07 Å². The Kier molecular flexibility index (Phi) is 3.94. The Labute approximate surface area is 128 Å². The van der Waals surface area contributed by atoms with Crippen molar-refractivity contribution in [3.8, 4) is 11.5 Å². The third kappa shape index (κ3) is 2.74. The average Bonchev–Trinajstić information content (AvgIpc) is 2.81. The SMILES string of the molecule is Cc1c(C(=O)OCCN(C)C)oc2cc3c(cc12)OCCO3. The third-order valence-corrected chi connectivity index (χ3v) is 3.56. The molecule has 2 heterocycles. The molecule has 1 aromatic carbocycles. The molecular weight excluding hydrogens is 286 g/mol. The van der Waals surface area contributed by atoms with Crippen molar-refractivity contribution in [2.24, 2.45) is 0 Å². The average molecular weight is 305 g/mol. The summed E-state index contributed by atoms with van der Waals surface area (Å²) in [6.07, 6.45) is 0. The van der Waals surface area contributed by atoms with Gasteiger partial charge in [0.15, 0.2) is 11.5 Å². The lowest BCUT2D eigenvalue weighted by atomic mass is 10.1. The van der Waals surface area contributed by atoms with E-state index in [2.05, 4.69) is 0 Å². The van der Waals surface area contributed by atoms with Gasteiger partial charge in [-0.25, -0.2) is 4.79 Å². The van der Waals surface area contributed by atoms with Crippen LogP contribution in [-0.4, -0.2) is 51.3 Å². The summed E-state index contributed by atoms with van der Waals surface area (Å²) in [5.41, 5.74) is 1.35. The number of carbonyl (C=O) groups excluding carboxylic acids is 1. The fourth-order valence-corrected chi connectivity index (χ4v) is 2.34. The molecule has 0 unspecified atom stereocenters. The Bertz CT molecular complexity index is 704. The number of ether oxygens (including phenoxy) is 3. The minimum absolute atomic E-state index is 0.233. The lowest BCUT2D eigenvalue weighted by Crippen LogP contribution is -2.20. The van der Waals surface area contributed by atoms with Crippen LogP contribution in [0.4, 0.5) is 0 Å². The molecule has 0 fully saturated rings. The molecule has 0 atom stereocenters. The molecule has 3 rings (SSSR count). The molecule has 6 heteroatoms. The van der Waals surface area contributed by atoms with Crippen LogP contribution in [0.5, 0.6) is 11.5 Å². The number of fused-ring (bicyclic) bond motifs is 2. The van der Waals surface area contributed by atoms with Gasteiger partial charge in [-0.1, -0.05) is 0 Å². The number of likely N-dealkylation sites (N-methyl/N-ethyl adjacent to an activating group) is 1. The number of hydrogen-bond acceptors (Lipinski definition) is 6. The lowest BCUT2D eigenvalue weighted by Gasteiger charge is -2.17. The largest absolute Gasteiger partial charge is 0.486 e. The molecule has 2 aromatic rings. The zero-order valence-corrected chi connectivity index (χ0v) is 13.0. The van der Waals surface area contributed by atoms with Crippen LogP contribution < -0.4 is 9.47 Å². The molecular formula is C16H19NO5. The second kappa shape index (κ2) is 5.88. The van der Waals surface area contributed by atoms with Gasteiger partial charge in [0, 0.05) is 23.6 Å². The second-order valence-electron chi connectivity index (χ2n) is 5.49. The van der Waals surface area contributed by atoms with Crippen LogP contribution in [0.25, 0.3) is 11.0 Å². The summed E-state index contributed by atoms with van der Waals surface area (Å²) < 4.78 is 22.0. The van der Waals surface area contributed by atoms with Gasteiger partial charge in [-0.2, -0.15) is 0 Å². The molecule has 118 valence electrons. The normalized spacial score (nSPS) is 13.6. The molecule has 0 saturated carbocycles. The highest BCUT2D eigenvalue weighted by molar-refractivity contribution is 5.96. The van der Waals surface area contributed by atoms with Crippen molar-refractivity contribution in [3.63, 3.8) is 0 Å². The number of esters is 1. The molecule has 0 N–H and O–H groups in total. The number of nitrogens with zero attached hydrogens (tertiary/aromatic N) is 1. The Hall–Kier alpha value is -2.21. The van der Waals surface area contributed by atoms with Gasteiger partial charge < -0.3 is 23.5 Å². The summed E-state index contributed by atoms with van der Waals surface area (Å²) in [5, 5.41) is 0.837. The molecule has 1 aliphatic rings. The zero-order chi connectivity index (χ0) is 15.7. The molecule has 0 aliphatic carbocycles. The van der Waals surface area contributed by atoms with Gasteiger partial charge in [-0.15, -0.1) is 0 Å². The number of furan rings is 1. The number of carbonyl (C=O) groups is 1. The number of rotatable bonds is 4. The minimum Gasteiger partial charge on any atom is -0.486 e. The summed E-state index contributed by atoms with van der Waals surface area (Å²) in [6, 6.07) is 3.60. The first-order valence-corrected chi connectivity index (χ1v) is 7.21.